The van der Waals surface area contributed by atoms with Gasteiger partial charge < -0.3 is 16.2 Å². The molecule has 0 fully saturated rings. The number of halogens is 4. The number of hydrogen-bond donors (Lipinski definition) is 4. The number of nitrogens with one attached hydrogen (secondary N) is 2. The quantitative estimate of drug-likeness (QED) is 0.430. The summed E-state index contributed by atoms with van der Waals surface area (Å²) in [5.74, 6) is -0.256. The number of carbonyl (C=O) groups is 1. The minimum atomic E-state index is -4.58. The van der Waals surface area contributed by atoms with Crippen LogP contribution in [-0.2, 0) is 6.18 Å². The van der Waals surface area contributed by atoms with Crippen LogP contribution in [0, 0.1) is 3.57 Å². The molecule has 11 heteroatoms. The van der Waals surface area contributed by atoms with Gasteiger partial charge in [-0.2, -0.15) is 13.2 Å². The smallest absolute Gasteiger partial charge is 0.433 e. The Morgan fingerprint density at radius 3 is 2.61 bits per heavy atom. The van der Waals surface area contributed by atoms with Gasteiger partial charge in [0.1, 0.15) is 5.69 Å². The first kappa shape index (κ1) is 17.1. The topological polar surface area (TPSA) is 113 Å². The van der Waals surface area contributed by atoms with Crippen molar-refractivity contribution in [1.29, 1.82) is 0 Å². The fourth-order valence-corrected chi connectivity index (χ4v) is 2.43. The molecule has 0 saturated heterocycles. The van der Waals surface area contributed by atoms with Gasteiger partial charge in [-0.25, -0.2) is 14.8 Å². The van der Waals surface area contributed by atoms with Crippen LogP contribution in [-0.4, -0.2) is 21.2 Å². The molecule has 1 aromatic heterocycles. The first-order valence-corrected chi connectivity index (χ1v) is 7.01. The number of carboxylic acid groups (broad SMARTS) is 1. The van der Waals surface area contributed by atoms with Gasteiger partial charge in [0, 0.05) is 15.5 Å². The average molecular weight is 439 g/mol. The molecule has 0 unspecified atom stereocenters. The van der Waals surface area contributed by atoms with E-state index in [0.717, 1.165) is 12.3 Å². The molecule has 23 heavy (non-hydrogen) atoms. The molecule has 1 heterocycles. The van der Waals surface area contributed by atoms with Crippen molar-refractivity contribution in [3.63, 3.8) is 0 Å². The van der Waals surface area contributed by atoms with Crippen LogP contribution >= 0.6 is 22.6 Å². The fraction of sp³-hybridized carbons (Fsp3) is 0.0833. The molecule has 0 aliphatic rings. The number of nitrogen functional groups attached to an aromatic ring is 1. The molecular weight excluding hydrogens is 430 g/mol. The van der Waals surface area contributed by atoms with E-state index in [1.54, 1.807) is 0 Å². The van der Waals surface area contributed by atoms with E-state index >= 15 is 0 Å². The van der Waals surface area contributed by atoms with E-state index in [4.69, 9.17) is 10.8 Å². The molecule has 0 spiro atoms. The Kier molecular flexibility index (Phi) is 4.77. The molecule has 0 atom stereocenters. The zero-order valence-electron chi connectivity index (χ0n) is 11.1. The van der Waals surface area contributed by atoms with Gasteiger partial charge in [0.15, 0.2) is 0 Å². The first-order valence-electron chi connectivity index (χ1n) is 5.93. The molecule has 2 aromatic rings. The number of nitrogens with two attached hydrogens (primary N) is 1. The van der Waals surface area contributed by atoms with E-state index in [0.29, 0.717) is 9.26 Å². The zero-order chi connectivity index (χ0) is 17.2. The van der Waals surface area contributed by atoms with Crippen LogP contribution in [0.15, 0.2) is 24.4 Å². The highest BCUT2D eigenvalue weighted by Crippen LogP contribution is 2.31. The largest absolute Gasteiger partial charge is 0.465 e. The summed E-state index contributed by atoms with van der Waals surface area (Å²) >= 11 is 1.84. The molecule has 122 valence electrons. The Labute approximate surface area is 141 Å². The molecule has 2 rings (SSSR count). The highest BCUT2D eigenvalue weighted by molar-refractivity contribution is 14.1. The van der Waals surface area contributed by atoms with E-state index < -0.39 is 18.0 Å². The Hall–Kier alpha value is -2.31. The number of benzene rings is 1. The number of aromatic nitrogens is 2. The number of anilines is 4. The summed E-state index contributed by atoms with van der Waals surface area (Å²) in [5, 5.41) is 13.4. The van der Waals surface area contributed by atoms with Crippen LogP contribution < -0.4 is 16.4 Å². The van der Waals surface area contributed by atoms with Crippen LogP contribution in [0.4, 0.5) is 41.0 Å². The Morgan fingerprint density at radius 2 is 2.04 bits per heavy atom. The maximum Gasteiger partial charge on any atom is 0.433 e. The second-order valence-electron chi connectivity index (χ2n) is 4.24. The summed E-state index contributed by atoms with van der Waals surface area (Å²) in [6.45, 7) is 0. The lowest BCUT2D eigenvalue weighted by atomic mass is 10.2. The summed E-state index contributed by atoms with van der Waals surface area (Å²) in [6, 6.07) is 3.60. The Bertz CT molecular complexity index is 731. The summed E-state index contributed by atoms with van der Waals surface area (Å²) in [7, 11) is 0. The predicted molar refractivity (Wildman–Crippen MR) is 85.5 cm³/mol. The minimum absolute atomic E-state index is 0.105. The normalized spacial score (nSPS) is 11.1. The summed E-state index contributed by atoms with van der Waals surface area (Å²) in [4.78, 5) is 17.7. The van der Waals surface area contributed by atoms with E-state index in [9.17, 15) is 18.0 Å². The van der Waals surface area contributed by atoms with E-state index in [1.807, 2.05) is 22.6 Å². The van der Waals surface area contributed by atoms with Crippen molar-refractivity contribution in [3.8, 4) is 0 Å². The van der Waals surface area contributed by atoms with E-state index in [1.165, 1.54) is 12.1 Å². The number of alkyl halides is 3. The maximum atomic E-state index is 12.6. The SMILES string of the molecule is Nc1cc(Nc2nccc(C(F)(F)F)n2)cc(I)c1NC(=O)O. The molecule has 1 amide bonds. The van der Waals surface area contributed by atoms with Crippen molar-refractivity contribution in [2.24, 2.45) is 0 Å². The van der Waals surface area contributed by atoms with Gasteiger partial charge in [-0.3, -0.25) is 5.32 Å². The monoisotopic (exact) mass is 439 g/mol. The van der Waals surface area contributed by atoms with Crippen LogP contribution in [0.3, 0.4) is 0 Å². The van der Waals surface area contributed by atoms with Crippen LogP contribution in [0.2, 0.25) is 0 Å². The Morgan fingerprint density at radius 1 is 1.35 bits per heavy atom. The second-order valence-corrected chi connectivity index (χ2v) is 5.40. The van der Waals surface area contributed by atoms with Crippen molar-refractivity contribution in [2.45, 2.75) is 6.18 Å². The molecule has 1 aromatic carbocycles. The summed E-state index contributed by atoms with van der Waals surface area (Å²) < 4.78 is 38.3. The molecule has 0 radical (unpaired) electrons. The molecule has 5 N–H and O–H groups in total. The minimum Gasteiger partial charge on any atom is -0.465 e. The van der Waals surface area contributed by atoms with Gasteiger partial charge >= 0.3 is 12.3 Å². The van der Waals surface area contributed by atoms with Gasteiger partial charge in [0.05, 0.1) is 11.4 Å². The summed E-state index contributed by atoms with van der Waals surface area (Å²) in [5.41, 5.74) is 5.27. The average Bonchev–Trinajstić information content (AvgIpc) is 2.42. The van der Waals surface area contributed by atoms with Gasteiger partial charge in [-0.1, -0.05) is 0 Å². The van der Waals surface area contributed by atoms with Gasteiger partial charge in [0.25, 0.3) is 0 Å². The van der Waals surface area contributed by atoms with Gasteiger partial charge in [-0.15, -0.1) is 0 Å². The zero-order valence-corrected chi connectivity index (χ0v) is 13.3. The highest BCUT2D eigenvalue weighted by Gasteiger charge is 2.32. The third-order valence-corrected chi connectivity index (χ3v) is 3.41. The number of nitrogens with zero attached hydrogens (tertiary/aromatic N) is 2. The standard InChI is InChI=1S/C12H9F3IN5O2/c13-12(14,15)8-1-2-18-10(20-8)19-5-3-6(16)9(7(17)4-5)21-11(22)23/h1-4,21H,17H2,(H,22,23)(H,18,19,20). The van der Waals surface area contributed by atoms with Crippen LogP contribution in [0.25, 0.3) is 0 Å². The molecule has 0 saturated carbocycles. The van der Waals surface area contributed by atoms with Crippen LogP contribution in [0.1, 0.15) is 5.69 Å². The lowest BCUT2D eigenvalue weighted by Crippen LogP contribution is -2.12. The molecular formula is C12H9F3IN5O2. The molecule has 0 aliphatic carbocycles. The van der Waals surface area contributed by atoms with Crippen molar-refractivity contribution in [1.82, 2.24) is 9.97 Å². The van der Waals surface area contributed by atoms with Crippen LogP contribution in [0.5, 0.6) is 0 Å². The number of hydrogen-bond acceptors (Lipinski definition) is 5. The highest BCUT2D eigenvalue weighted by atomic mass is 127. The van der Waals surface area contributed by atoms with Gasteiger partial charge in [0.2, 0.25) is 5.95 Å². The molecule has 0 bridgehead atoms. The van der Waals surface area contributed by atoms with Gasteiger partial charge in [-0.05, 0) is 40.8 Å². The molecule has 7 nitrogen and oxygen atoms in total. The van der Waals surface area contributed by atoms with Crippen molar-refractivity contribution < 1.29 is 23.1 Å². The number of amides is 1. The van der Waals surface area contributed by atoms with Crippen molar-refractivity contribution >= 4 is 51.7 Å². The second kappa shape index (κ2) is 6.44. The van der Waals surface area contributed by atoms with Crippen molar-refractivity contribution in [3.05, 3.63) is 33.7 Å². The lowest BCUT2D eigenvalue weighted by Gasteiger charge is -2.12. The Balaban J connectivity index is 2.29. The summed E-state index contributed by atoms with van der Waals surface area (Å²) in [6.07, 6.45) is -4.88. The lowest BCUT2D eigenvalue weighted by molar-refractivity contribution is -0.141. The maximum absolute atomic E-state index is 12.6. The van der Waals surface area contributed by atoms with Crippen molar-refractivity contribution in [2.75, 3.05) is 16.4 Å². The third kappa shape index (κ3) is 4.34. The first-order chi connectivity index (χ1) is 10.7. The van der Waals surface area contributed by atoms with E-state index in [2.05, 4.69) is 20.6 Å². The fourth-order valence-electron chi connectivity index (χ4n) is 1.64. The third-order valence-electron chi connectivity index (χ3n) is 2.55. The predicted octanol–water partition coefficient (Wildman–Crippen LogP) is 3.52. The van der Waals surface area contributed by atoms with E-state index in [-0.39, 0.29) is 17.3 Å². The number of rotatable bonds is 3. The molecule has 0 aliphatic heterocycles.